The summed E-state index contributed by atoms with van der Waals surface area (Å²) < 4.78 is 9.32. The first-order chi connectivity index (χ1) is 7.77. The van der Waals surface area contributed by atoms with E-state index in [2.05, 4.69) is 10.2 Å². The van der Waals surface area contributed by atoms with Gasteiger partial charge >= 0.3 is 0 Å². The predicted octanol–water partition coefficient (Wildman–Crippen LogP) is 1.55. The van der Waals surface area contributed by atoms with Gasteiger partial charge in [-0.1, -0.05) is 0 Å². The van der Waals surface area contributed by atoms with E-state index in [1.165, 1.54) is 0 Å². The van der Waals surface area contributed by atoms with Gasteiger partial charge in [-0.25, -0.2) is 9.36 Å². The molecule has 16 heavy (non-hydrogen) atoms. The molecule has 2 heterocycles. The highest BCUT2D eigenvalue weighted by Gasteiger charge is 2.14. The summed E-state index contributed by atoms with van der Waals surface area (Å²) in [6.45, 7) is 4.59. The van der Waals surface area contributed by atoms with Gasteiger partial charge in [0.05, 0.1) is 12.7 Å². The molecule has 0 radical (unpaired) electrons. The SMILES string of the molecule is CC(C)OCC(n1cccn1)n1cccn1. The van der Waals surface area contributed by atoms with E-state index in [1.54, 1.807) is 12.4 Å². The maximum atomic E-state index is 5.63. The van der Waals surface area contributed by atoms with E-state index in [9.17, 15) is 0 Å². The Balaban J connectivity index is 2.14. The van der Waals surface area contributed by atoms with E-state index in [0.29, 0.717) is 6.61 Å². The van der Waals surface area contributed by atoms with Crippen LogP contribution < -0.4 is 0 Å². The van der Waals surface area contributed by atoms with E-state index in [4.69, 9.17) is 4.74 Å². The predicted molar refractivity (Wildman–Crippen MR) is 60.0 cm³/mol. The van der Waals surface area contributed by atoms with E-state index < -0.39 is 0 Å². The molecule has 0 bridgehead atoms. The van der Waals surface area contributed by atoms with Gasteiger partial charge in [0.1, 0.15) is 0 Å². The van der Waals surface area contributed by atoms with Crippen molar-refractivity contribution in [1.29, 1.82) is 0 Å². The normalized spacial score (nSPS) is 11.5. The first kappa shape index (κ1) is 10.9. The fourth-order valence-corrected chi connectivity index (χ4v) is 1.47. The van der Waals surface area contributed by atoms with Crippen LogP contribution in [-0.2, 0) is 4.74 Å². The summed E-state index contributed by atoms with van der Waals surface area (Å²) in [6.07, 6.45) is 7.52. The van der Waals surface area contributed by atoms with Crippen molar-refractivity contribution in [2.45, 2.75) is 26.1 Å². The first-order valence-electron chi connectivity index (χ1n) is 5.37. The second-order valence-corrected chi connectivity index (χ2v) is 3.83. The molecule has 2 aromatic rings. The highest BCUT2D eigenvalue weighted by Crippen LogP contribution is 2.09. The lowest BCUT2D eigenvalue weighted by molar-refractivity contribution is 0.0404. The molecule has 0 aliphatic rings. The molecule has 0 amide bonds. The van der Waals surface area contributed by atoms with E-state index in [0.717, 1.165) is 0 Å². The van der Waals surface area contributed by atoms with Crippen LogP contribution in [0, 0.1) is 0 Å². The molecule has 0 N–H and O–H groups in total. The minimum atomic E-state index is -0.0209. The fraction of sp³-hybridized carbons (Fsp3) is 0.455. The first-order valence-corrected chi connectivity index (χ1v) is 5.37. The highest BCUT2D eigenvalue weighted by atomic mass is 16.5. The second kappa shape index (κ2) is 4.94. The lowest BCUT2D eigenvalue weighted by Crippen LogP contribution is -2.25. The average Bonchev–Trinajstić information content (AvgIpc) is 2.88. The van der Waals surface area contributed by atoms with Crippen LogP contribution in [0.2, 0.25) is 0 Å². The molecule has 2 aromatic heterocycles. The fourth-order valence-electron chi connectivity index (χ4n) is 1.47. The van der Waals surface area contributed by atoms with Crippen molar-refractivity contribution in [3.05, 3.63) is 36.9 Å². The molecular weight excluding hydrogens is 204 g/mol. The molecule has 0 spiro atoms. The van der Waals surface area contributed by atoms with Crippen molar-refractivity contribution in [3.8, 4) is 0 Å². The molecule has 0 saturated heterocycles. The summed E-state index contributed by atoms with van der Waals surface area (Å²) in [5, 5.41) is 8.45. The largest absolute Gasteiger partial charge is 0.375 e. The Hall–Kier alpha value is -1.62. The maximum Gasteiger partial charge on any atom is 0.166 e. The van der Waals surface area contributed by atoms with Crippen LogP contribution in [0.1, 0.15) is 20.0 Å². The molecule has 0 atom stereocenters. The van der Waals surface area contributed by atoms with Gasteiger partial charge in [-0.2, -0.15) is 10.2 Å². The number of aromatic nitrogens is 4. The van der Waals surface area contributed by atoms with E-state index in [-0.39, 0.29) is 12.3 Å². The zero-order valence-corrected chi connectivity index (χ0v) is 9.52. The van der Waals surface area contributed by atoms with Crippen LogP contribution in [0.5, 0.6) is 0 Å². The Bertz CT molecular complexity index is 359. The summed E-state index contributed by atoms with van der Waals surface area (Å²) in [4.78, 5) is 0. The molecule has 0 saturated carbocycles. The van der Waals surface area contributed by atoms with Crippen molar-refractivity contribution in [2.24, 2.45) is 0 Å². The van der Waals surface area contributed by atoms with Crippen LogP contribution in [0.25, 0.3) is 0 Å². The minimum Gasteiger partial charge on any atom is -0.375 e. The number of hydrogen-bond donors (Lipinski definition) is 0. The van der Waals surface area contributed by atoms with Gasteiger partial charge in [-0.15, -0.1) is 0 Å². The Kier molecular flexibility index (Phi) is 3.36. The quantitative estimate of drug-likeness (QED) is 0.768. The molecule has 0 aromatic carbocycles. The summed E-state index contributed by atoms with van der Waals surface area (Å²) >= 11 is 0. The molecule has 0 aliphatic heterocycles. The number of rotatable bonds is 5. The van der Waals surface area contributed by atoms with Gasteiger partial charge in [-0.3, -0.25) is 0 Å². The van der Waals surface area contributed by atoms with Gasteiger partial charge in [-0.05, 0) is 26.0 Å². The summed E-state index contributed by atoms with van der Waals surface area (Å²) in [5.41, 5.74) is 0. The molecule has 86 valence electrons. The van der Waals surface area contributed by atoms with Crippen molar-refractivity contribution in [3.63, 3.8) is 0 Å². The van der Waals surface area contributed by atoms with Crippen molar-refractivity contribution in [1.82, 2.24) is 19.6 Å². The van der Waals surface area contributed by atoms with Crippen LogP contribution >= 0.6 is 0 Å². The molecule has 0 aliphatic carbocycles. The van der Waals surface area contributed by atoms with E-state index in [1.807, 2.05) is 47.7 Å². The number of hydrogen-bond acceptors (Lipinski definition) is 3. The smallest absolute Gasteiger partial charge is 0.166 e. The third-order valence-electron chi connectivity index (χ3n) is 2.24. The molecule has 0 fully saturated rings. The monoisotopic (exact) mass is 220 g/mol. The van der Waals surface area contributed by atoms with E-state index >= 15 is 0 Å². The lowest BCUT2D eigenvalue weighted by atomic mass is 10.4. The lowest BCUT2D eigenvalue weighted by Gasteiger charge is -2.19. The van der Waals surface area contributed by atoms with Crippen molar-refractivity contribution >= 4 is 0 Å². The Labute approximate surface area is 94.6 Å². The topological polar surface area (TPSA) is 44.9 Å². The van der Waals surface area contributed by atoms with Gasteiger partial charge < -0.3 is 4.74 Å². The minimum absolute atomic E-state index is 0.0209. The van der Waals surface area contributed by atoms with Gasteiger partial charge in [0.2, 0.25) is 0 Å². The maximum absolute atomic E-state index is 5.63. The van der Waals surface area contributed by atoms with Crippen LogP contribution in [0.15, 0.2) is 36.9 Å². The van der Waals surface area contributed by atoms with Gasteiger partial charge in [0, 0.05) is 24.8 Å². The van der Waals surface area contributed by atoms with Crippen molar-refractivity contribution in [2.75, 3.05) is 6.61 Å². The Morgan fingerprint density at radius 2 is 1.62 bits per heavy atom. The molecule has 0 unspecified atom stereocenters. The van der Waals surface area contributed by atoms with Gasteiger partial charge in [0.15, 0.2) is 6.17 Å². The summed E-state index contributed by atoms with van der Waals surface area (Å²) in [5.74, 6) is 0. The molecule has 5 heteroatoms. The Morgan fingerprint density at radius 1 is 1.06 bits per heavy atom. The molecule has 2 rings (SSSR count). The van der Waals surface area contributed by atoms with Gasteiger partial charge in [0.25, 0.3) is 0 Å². The third-order valence-corrected chi connectivity index (χ3v) is 2.24. The summed E-state index contributed by atoms with van der Waals surface area (Å²) in [6, 6.07) is 3.79. The molecule has 5 nitrogen and oxygen atoms in total. The Morgan fingerprint density at radius 3 is 2.00 bits per heavy atom. The molecular formula is C11H16N4O. The highest BCUT2D eigenvalue weighted by molar-refractivity contribution is 4.86. The van der Waals surface area contributed by atoms with Crippen molar-refractivity contribution < 1.29 is 4.74 Å². The number of nitrogens with zero attached hydrogens (tertiary/aromatic N) is 4. The third kappa shape index (κ3) is 2.49. The van der Waals surface area contributed by atoms with Crippen LogP contribution in [0.3, 0.4) is 0 Å². The number of ether oxygens (including phenoxy) is 1. The average molecular weight is 220 g/mol. The zero-order chi connectivity index (χ0) is 11.4. The second-order valence-electron chi connectivity index (χ2n) is 3.83. The summed E-state index contributed by atoms with van der Waals surface area (Å²) in [7, 11) is 0. The standard InChI is InChI=1S/C11H16N4O/c1-10(2)16-9-11(14-7-3-5-12-14)15-8-4-6-13-15/h3-8,10-11H,9H2,1-2H3. The van der Waals surface area contributed by atoms with Crippen LogP contribution in [0.4, 0.5) is 0 Å². The zero-order valence-electron chi connectivity index (χ0n) is 9.52. The van der Waals surface area contributed by atoms with Crippen LogP contribution in [-0.4, -0.2) is 32.3 Å².